The van der Waals surface area contributed by atoms with Gasteiger partial charge in [0.2, 0.25) is 0 Å². The summed E-state index contributed by atoms with van der Waals surface area (Å²) in [6.07, 6.45) is -2.76. The molecule has 1 fully saturated rings. The van der Waals surface area contributed by atoms with Crippen molar-refractivity contribution >= 4 is 17.3 Å². The van der Waals surface area contributed by atoms with Gasteiger partial charge in [-0.15, -0.1) is 13.2 Å². The molecule has 2 unspecified atom stereocenters. The lowest BCUT2D eigenvalue weighted by molar-refractivity contribution is -0.274. The Morgan fingerprint density at radius 1 is 0.903 bits per heavy atom. The second kappa shape index (κ2) is 7.04. The summed E-state index contributed by atoms with van der Waals surface area (Å²) in [5, 5.41) is 0. The predicted molar refractivity (Wildman–Crippen MR) is 110 cm³/mol. The van der Waals surface area contributed by atoms with E-state index < -0.39 is 18.2 Å². The predicted octanol–water partition coefficient (Wildman–Crippen LogP) is 5.77. The molecule has 0 saturated heterocycles. The number of aliphatic imine (C=N–C) groups is 1. The number of alkyl halides is 3. The summed E-state index contributed by atoms with van der Waals surface area (Å²) < 4.78 is 41.6. The van der Waals surface area contributed by atoms with Crippen molar-refractivity contribution in [3.8, 4) is 5.75 Å². The van der Waals surface area contributed by atoms with Crippen LogP contribution in [0.5, 0.6) is 5.75 Å². The second-order valence-corrected chi connectivity index (χ2v) is 10.5. The zero-order valence-electron chi connectivity index (χ0n) is 18.1. The highest BCUT2D eigenvalue weighted by molar-refractivity contribution is 6.13. The van der Waals surface area contributed by atoms with Gasteiger partial charge in [0.1, 0.15) is 11.5 Å². The van der Waals surface area contributed by atoms with Crippen LogP contribution in [0, 0.1) is 16.7 Å². The number of benzene rings is 1. The molecule has 0 amide bonds. The summed E-state index contributed by atoms with van der Waals surface area (Å²) in [6.45, 7) is 8.11. The van der Waals surface area contributed by atoms with Gasteiger partial charge in [-0.25, -0.2) is 0 Å². The smallest absolute Gasteiger partial charge is 0.406 e. The van der Waals surface area contributed by atoms with E-state index in [1.54, 1.807) is 0 Å². The second-order valence-electron chi connectivity index (χ2n) is 10.5. The third kappa shape index (κ3) is 4.32. The summed E-state index contributed by atoms with van der Waals surface area (Å²) in [5.74, 6) is -1.41. The number of Topliss-reactive ketones (excluding diaryl/α,β-unsaturated/α-hetero) is 2. The molecule has 1 heterocycles. The molecule has 7 heteroatoms. The first kappa shape index (κ1) is 21.8. The van der Waals surface area contributed by atoms with Crippen LogP contribution in [0.15, 0.2) is 40.5 Å². The Hall–Kier alpha value is -2.44. The van der Waals surface area contributed by atoms with Crippen molar-refractivity contribution in [3.63, 3.8) is 0 Å². The Morgan fingerprint density at radius 3 is 2.13 bits per heavy atom. The zero-order chi connectivity index (χ0) is 22.8. The van der Waals surface area contributed by atoms with Gasteiger partial charge in [0, 0.05) is 35.7 Å². The van der Waals surface area contributed by atoms with E-state index in [0.29, 0.717) is 36.8 Å². The van der Waals surface area contributed by atoms with Crippen LogP contribution in [-0.4, -0.2) is 23.6 Å². The van der Waals surface area contributed by atoms with Crippen LogP contribution in [0.4, 0.5) is 13.2 Å². The Morgan fingerprint density at radius 2 is 1.52 bits per heavy atom. The number of ketones is 2. The highest BCUT2D eigenvalue weighted by Crippen LogP contribution is 2.51. The molecule has 1 aromatic rings. The minimum Gasteiger partial charge on any atom is -0.406 e. The quantitative estimate of drug-likeness (QED) is 0.595. The topological polar surface area (TPSA) is 55.7 Å². The lowest BCUT2D eigenvalue weighted by atomic mass is 9.60. The van der Waals surface area contributed by atoms with Gasteiger partial charge in [-0.1, -0.05) is 39.8 Å². The lowest BCUT2D eigenvalue weighted by Crippen LogP contribution is -2.45. The van der Waals surface area contributed by atoms with Crippen molar-refractivity contribution in [1.29, 1.82) is 0 Å². The molecule has 0 radical (unpaired) electrons. The van der Waals surface area contributed by atoms with Gasteiger partial charge in [-0.05, 0) is 41.4 Å². The van der Waals surface area contributed by atoms with E-state index in [1.807, 2.05) is 27.7 Å². The number of nitrogens with zero attached hydrogens (tertiary/aromatic N) is 1. The van der Waals surface area contributed by atoms with Crippen LogP contribution < -0.4 is 4.74 Å². The number of halogens is 3. The molecule has 4 nitrogen and oxygen atoms in total. The van der Waals surface area contributed by atoms with Crippen molar-refractivity contribution in [2.24, 2.45) is 21.7 Å². The minimum absolute atomic E-state index is 0.0276. The van der Waals surface area contributed by atoms with Gasteiger partial charge >= 0.3 is 6.36 Å². The number of carbonyl (C=O) groups is 2. The lowest BCUT2D eigenvalue weighted by Gasteiger charge is -2.44. The maximum Gasteiger partial charge on any atom is 0.573 e. The highest BCUT2D eigenvalue weighted by Gasteiger charge is 2.49. The van der Waals surface area contributed by atoms with E-state index in [4.69, 9.17) is 4.99 Å². The highest BCUT2D eigenvalue weighted by atomic mass is 19.4. The van der Waals surface area contributed by atoms with E-state index in [9.17, 15) is 22.8 Å². The molecule has 2 atom stereocenters. The van der Waals surface area contributed by atoms with Gasteiger partial charge in [0.25, 0.3) is 0 Å². The molecular weight excluding hydrogens is 407 g/mol. The van der Waals surface area contributed by atoms with E-state index in [-0.39, 0.29) is 28.1 Å². The van der Waals surface area contributed by atoms with Gasteiger partial charge in [-0.2, -0.15) is 0 Å². The van der Waals surface area contributed by atoms with Crippen LogP contribution in [0.2, 0.25) is 0 Å². The van der Waals surface area contributed by atoms with Crippen LogP contribution >= 0.6 is 0 Å². The first-order chi connectivity index (χ1) is 14.2. The molecule has 1 saturated carbocycles. The maximum atomic E-state index is 13.2. The van der Waals surface area contributed by atoms with Crippen molar-refractivity contribution in [3.05, 3.63) is 41.1 Å². The summed E-state index contributed by atoms with van der Waals surface area (Å²) in [7, 11) is 0. The Labute approximate surface area is 179 Å². The third-order valence-corrected chi connectivity index (χ3v) is 6.31. The summed E-state index contributed by atoms with van der Waals surface area (Å²) in [4.78, 5) is 31.2. The third-order valence-electron chi connectivity index (χ3n) is 6.31. The Kier molecular flexibility index (Phi) is 4.94. The molecule has 0 aromatic heterocycles. The van der Waals surface area contributed by atoms with E-state index in [0.717, 1.165) is 11.4 Å². The van der Waals surface area contributed by atoms with Crippen LogP contribution in [0.1, 0.15) is 64.9 Å². The molecule has 1 aliphatic heterocycles. The molecule has 0 spiro atoms. The Balaban J connectivity index is 1.81. The van der Waals surface area contributed by atoms with E-state index in [2.05, 4.69) is 4.74 Å². The van der Waals surface area contributed by atoms with Crippen molar-refractivity contribution in [2.75, 3.05) is 0 Å². The molecule has 0 bridgehead atoms. The average molecular weight is 433 g/mol. The molecule has 3 aliphatic rings. The molecule has 2 aliphatic carbocycles. The summed E-state index contributed by atoms with van der Waals surface area (Å²) in [6, 6.07) is 5.53. The first-order valence-corrected chi connectivity index (χ1v) is 10.5. The fourth-order valence-corrected chi connectivity index (χ4v) is 5.25. The number of rotatable bonds is 2. The molecule has 166 valence electrons. The van der Waals surface area contributed by atoms with Crippen LogP contribution in [0.25, 0.3) is 0 Å². The van der Waals surface area contributed by atoms with Gasteiger partial charge in [0.05, 0.1) is 5.92 Å². The number of fused-ring (bicyclic) bond motifs is 1. The Bertz CT molecular complexity index is 1000. The number of carbonyl (C=O) groups excluding carboxylic acids is 2. The van der Waals surface area contributed by atoms with Crippen molar-refractivity contribution in [1.82, 2.24) is 0 Å². The maximum absolute atomic E-state index is 13.2. The standard InChI is InChI=1S/C24H26F3NO3/c1-22(2)9-15-20(17(29)11-22)19(13-5-7-14(8-6-13)31-24(25,26)27)21-16(28-15)10-23(3,4)12-18(21)30/h5-8,19-20H,9-12H2,1-4H3. The largest absolute Gasteiger partial charge is 0.573 e. The molecule has 31 heavy (non-hydrogen) atoms. The monoisotopic (exact) mass is 433 g/mol. The number of hydrogen-bond donors (Lipinski definition) is 0. The van der Waals surface area contributed by atoms with Gasteiger partial charge in [-0.3, -0.25) is 14.6 Å². The summed E-state index contributed by atoms with van der Waals surface area (Å²) in [5.41, 5.74) is 2.25. The molecule has 0 N–H and O–H groups in total. The first-order valence-electron chi connectivity index (χ1n) is 10.5. The minimum atomic E-state index is -4.78. The average Bonchev–Trinajstić information content (AvgIpc) is 2.57. The summed E-state index contributed by atoms with van der Waals surface area (Å²) >= 11 is 0. The zero-order valence-corrected chi connectivity index (χ0v) is 18.1. The number of hydrogen-bond acceptors (Lipinski definition) is 4. The van der Waals surface area contributed by atoms with Crippen molar-refractivity contribution in [2.45, 2.75) is 65.7 Å². The molecule has 4 rings (SSSR count). The van der Waals surface area contributed by atoms with Crippen LogP contribution in [0.3, 0.4) is 0 Å². The number of allylic oxidation sites excluding steroid dienone is 2. The van der Waals surface area contributed by atoms with Crippen molar-refractivity contribution < 1.29 is 27.5 Å². The molecular formula is C24H26F3NO3. The van der Waals surface area contributed by atoms with E-state index in [1.165, 1.54) is 24.3 Å². The van der Waals surface area contributed by atoms with Gasteiger partial charge < -0.3 is 4.74 Å². The number of ether oxygens (including phenoxy) is 1. The van der Waals surface area contributed by atoms with Crippen LogP contribution in [-0.2, 0) is 9.59 Å². The normalized spacial score (nSPS) is 27.4. The molecule has 1 aromatic carbocycles. The fraction of sp³-hybridized carbons (Fsp3) is 0.542. The van der Waals surface area contributed by atoms with Gasteiger partial charge in [0.15, 0.2) is 5.78 Å². The SMILES string of the molecule is CC1(C)CC(=O)C2C(=NC3=C(C(=O)CC(C)(C)C3)C2c2ccc(OC(F)(F)F)cc2)C1. The fourth-order valence-electron chi connectivity index (χ4n) is 5.25. The van der Waals surface area contributed by atoms with E-state index >= 15 is 0 Å².